The summed E-state index contributed by atoms with van der Waals surface area (Å²) in [5.74, 6) is 0. The van der Waals surface area contributed by atoms with Crippen molar-refractivity contribution in [3.8, 4) is 0 Å². The van der Waals surface area contributed by atoms with Crippen LogP contribution in [0.1, 0.15) is 27.2 Å². The molecule has 9 heavy (non-hydrogen) atoms. The molecule has 0 saturated carbocycles. The van der Waals surface area contributed by atoms with Crippen molar-refractivity contribution in [3.63, 3.8) is 0 Å². The van der Waals surface area contributed by atoms with E-state index in [9.17, 15) is 5.11 Å². The lowest BCUT2D eigenvalue weighted by Crippen LogP contribution is -2.22. The highest BCUT2D eigenvalue weighted by atomic mass is 16.3. The normalized spacial score (nSPS) is 32.4. The van der Waals surface area contributed by atoms with Gasteiger partial charge in [-0.15, -0.1) is 0 Å². The molecule has 2 nitrogen and oxygen atoms in total. The lowest BCUT2D eigenvalue weighted by molar-refractivity contribution is 0.0766. The van der Waals surface area contributed by atoms with Gasteiger partial charge in [-0.3, -0.25) is 4.99 Å². The molecule has 1 unspecified atom stereocenters. The number of rotatable bonds is 0. The molecular weight excluding hydrogens is 114 g/mol. The SMILES string of the molecule is CC1=NC(O)C(C)(C)C1. The van der Waals surface area contributed by atoms with Crippen molar-refractivity contribution in [2.45, 2.75) is 33.4 Å². The van der Waals surface area contributed by atoms with Gasteiger partial charge in [-0.05, 0) is 13.3 Å². The Hall–Kier alpha value is -0.370. The van der Waals surface area contributed by atoms with Crippen LogP contribution >= 0.6 is 0 Å². The lowest BCUT2D eigenvalue weighted by atomic mass is 9.89. The zero-order chi connectivity index (χ0) is 7.07. The van der Waals surface area contributed by atoms with E-state index in [4.69, 9.17) is 0 Å². The first kappa shape index (κ1) is 6.75. The van der Waals surface area contributed by atoms with Gasteiger partial charge in [0.25, 0.3) is 0 Å². The van der Waals surface area contributed by atoms with Gasteiger partial charge in [0, 0.05) is 11.1 Å². The van der Waals surface area contributed by atoms with Crippen molar-refractivity contribution < 1.29 is 5.11 Å². The smallest absolute Gasteiger partial charge is 0.150 e. The Morgan fingerprint density at radius 3 is 2.33 bits per heavy atom. The van der Waals surface area contributed by atoms with Crippen molar-refractivity contribution in [3.05, 3.63) is 0 Å². The third kappa shape index (κ3) is 1.13. The molecule has 1 rings (SSSR count). The largest absolute Gasteiger partial charge is 0.371 e. The van der Waals surface area contributed by atoms with Gasteiger partial charge in [-0.1, -0.05) is 13.8 Å². The molecule has 0 fully saturated rings. The Morgan fingerprint density at radius 2 is 2.22 bits per heavy atom. The molecule has 0 radical (unpaired) electrons. The Bertz CT molecular complexity index is 149. The van der Waals surface area contributed by atoms with Crippen LogP contribution < -0.4 is 0 Å². The summed E-state index contributed by atoms with van der Waals surface area (Å²) in [5.41, 5.74) is 1.04. The maximum atomic E-state index is 9.24. The second-order valence-corrected chi connectivity index (χ2v) is 3.40. The van der Waals surface area contributed by atoms with Crippen LogP contribution in [0.4, 0.5) is 0 Å². The fourth-order valence-electron chi connectivity index (χ4n) is 1.18. The molecule has 0 spiro atoms. The van der Waals surface area contributed by atoms with Gasteiger partial charge < -0.3 is 5.11 Å². The van der Waals surface area contributed by atoms with Gasteiger partial charge in [0.2, 0.25) is 0 Å². The molecule has 1 aliphatic heterocycles. The molecule has 0 aromatic heterocycles. The number of aliphatic hydroxyl groups excluding tert-OH is 1. The Kier molecular flexibility index (Phi) is 1.35. The van der Waals surface area contributed by atoms with Gasteiger partial charge in [-0.2, -0.15) is 0 Å². The van der Waals surface area contributed by atoms with E-state index in [-0.39, 0.29) is 5.41 Å². The van der Waals surface area contributed by atoms with Crippen LogP contribution in [-0.4, -0.2) is 17.0 Å². The summed E-state index contributed by atoms with van der Waals surface area (Å²) in [7, 11) is 0. The highest BCUT2D eigenvalue weighted by Crippen LogP contribution is 2.31. The molecule has 1 atom stereocenters. The maximum absolute atomic E-state index is 9.24. The molecule has 0 aromatic rings. The van der Waals surface area contributed by atoms with Crippen molar-refractivity contribution in [2.24, 2.45) is 10.4 Å². The first-order valence-electron chi connectivity index (χ1n) is 3.24. The summed E-state index contributed by atoms with van der Waals surface area (Å²) in [6.45, 7) is 6.01. The van der Waals surface area contributed by atoms with Gasteiger partial charge in [-0.25, -0.2) is 0 Å². The molecule has 52 valence electrons. The van der Waals surface area contributed by atoms with Crippen molar-refractivity contribution in [1.82, 2.24) is 0 Å². The lowest BCUT2D eigenvalue weighted by Gasteiger charge is -2.19. The fourth-order valence-corrected chi connectivity index (χ4v) is 1.18. The number of hydrogen-bond donors (Lipinski definition) is 1. The van der Waals surface area contributed by atoms with Crippen LogP contribution in [0.2, 0.25) is 0 Å². The standard InChI is InChI=1S/C7H13NO/c1-5-4-7(2,3)6(9)8-5/h6,9H,4H2,1-3H3. The van der Waals surface area contributed by atoms with E-state index >= 15 is 0 Å². The van der Waals surface area contributed by atoms with Gasteiger partial charge in [0.05, 0.1) is 0 Å². The first-order chi connectivity index (χ1) is 4.02. The molecule has 1 heterocycles. The Balaban J connectivity index is 2.71. The maximum Gasteiger partial charge on any atom is 0.150 e. The molecule has 1 N–H and O–H groups in total. The third-order valence-corrected chi connectivity index (χ3v) is 1.75. The number of nitrogens with zero attached hydrogens (tertiary/aromatic N) is 1. The number of aliphatic imine (C=N–C) groups is 1. The number of aliphatic hydroxyl groups is 1. The second-order valence-electron chi connectivity index (χ2n) is 3.40. The van der Waals surface area contributed by atoms with Crippen molar-refractivity contribution >= 4 is 5.71 Å². The van der Waals surface area contributed by atoms with E-state index in [1.807, 2.05) is 20.8 Å². The number of hydrogen-bond acceptors (Lipinski definition) is 2. The Labute approximate surface area is 55.6 Å². The predicted molar refractivity (Wildman–Crippen MR) is 37.5 cm³/mol. The minimum absolute atomic E-state index is 0.0237. The van der Waals surface area contributed by atoms with E-state index in [0.29, 0.717) is 0 Å². The van der Waals surface area contributed by atoms with Gasteiger partial charge in [0.15, 0.2) is 0 Å². The third-order valence-electron chi connectivity index (χ3n) is 1.75. The van der Waals surface area contributed by atoms with E-state index in [1.165, 1.54) is 0 Å². The van der Waals surface area contributed by atoms with Crippen LogP contribution in [0.3, 0.4) is 0 Å². The second kappa shape index (κ2) is 1.81. The van der Waals surface area contributed by atoms with Crippen molar-refractivity contribution in [1.29, 1.82) is 0 Å². The Morgan fingerprint density at radius 1 is 1.67 bits per heavy atom. The first-order valence-corrected chi connectivity index (χ1v) is 3.24. The van der Waals surface area contributed by atoms with Crippen LogP contribution in [0.15, 0.2) is 4.99 Å². The summed E-state index contributed by atoms with van der Waals surface area (Å²) in [6, 6.07) is 0. The van der Waals surface area contributed by atoms with E-state index < -0.39 is 6.23 Å². The summed E-state index contributed by atoms with van der Waals surface area (Å²) < 4.78 is 0. The van der Waals surface area contributed by atoms with E-state index in [1.54, 1.807) is 0 Å². The minimum atomic E-state index is -0.475. The molecule has 0 aromatic carbocycles. The van der Waals surface area contributed by atoms with Crippen molar-refractivity contribution in [2.75, 3.05) is 0 Å². The summed E-state index contributed by atoms with van der Waals surface area (Å²) >= 11 is 0. The van der Waals surface area contributed by atoms with E-state index in [2.05, 4.69) is 4.99 Å². The average Bonchev–Trinajstić information content (AvgIpc) is 1.79. The molecule has 0 bridgehead atoms. The van der Waals surface area contributed by atoms with Crippen LogP contribution in [0.5, 0.6) is 0 Å². The van der Waals surface area contributed by atoms with Gasteiger partial charge in [0.1, 0.15) is 6.23 Å². The molecule has 1 aliphatic rings. The quantitative estimate of drug-likeness (QED) is 0.521. The van der Waals surface area contributed by atoms with E-state index in [0.717, 1.165) is 12.1 Å². The molecule has 0 saturated heterocycles. The monoisotopic (exact) mass is 127 g/mol. The zero-order valence-electron chi connectivity index (χ0n) is 6.18. The highest BCUT2D eigenvalue weighted by Gasteiger charge is 2.32. The van der Waals surface area contributed by atoms with Crippen LogP contribution in [0, 0.1) is 5.41 Å². The summed E-state index contributed by atoms with van der Waals surface area (Å²) in [4.78, 5) is 4.01. The molecule has 0 amide bonds. The predicted octanol–water partition coefficient (Wildman–Crippen LogP) is 1.20. The zero-order valence-corrected chi connectivity index (χ0v) is 6.18. The average molecular weight is 127 g/mol. The molecule has 0 aliphatic carbocycles. The molecular formula is C7H13NO. The van der Waals surface area contributed by atoms with Crippen LogP contribution in [0.25, 0.3) is 0 Å². The fraction of sp³-hybridized carbons (Fsp3) is 0.857. The topological polar surface area (TPSA) is 32.6 Å². The van der Waals surface area contributed by atoms with Crippen LogP contribution in [-0.2, 0) is 0 Å². The minimum Gasteiger partial charge on any atom is -0.371 e. The molecule has 2 heteroatoms. The highest BCUT2D eigenvalue weighted by molar-refractivity contribution is 5.84. The summed E-state index contributed by atoms with van der Waals surface area (Å²) in [5, 5.41) is 9.24. The van der Waals surface area contributed by atoms with Gasteiger partial charge >= 0.3 is 0 Å². The summed E-state index contributed by atoms with van der Waals surface area (Å²) in [6.07, 6.45) is 0.450.